The van der Waals surface area contributed by atoms with E-state index in [1.807, 2.05) is 0 Å². The van der Waals surface area contributed by atoms with Gasteiger partial charge in [0.25, 0.3) is 0 Å². The quantitative estimate of drug-likeness (QED) is 0.553. The number of carbonyl (C=O) groups is 2. The predicted octanol–water partition coefficient (Wildman–Crippen LogP) is 2.81. The smallest absolute Gasteiger partial charge is 0.411 e. The van der Waals surface area contributed by atoms with E-state index in [-0.39, 0.29) is 17.6 Å². The van der Waals surface area contributed by atoms with E-state index in [0.717, 1.165) is 25.9 Å². The Hall–Kier alpha value is -3.06. The van der Waals surface area contributed by atoms with Gasteiger partial charge in [-0.3, -0.25) is 10.1 Å². The number of rotatable bonds is 5. The van der Waals surface area contributed by atoms with Crippen LogP contribution >= 0.6 is 0 Å². The van der Waals surface area contributed by atoms with Crippen LogP contribution in [-0.2, 0) is 4.74 Å². The second-order valence-electron chi connectivity index (χ2n) is 6.31. The fourth-order valence-corrected chi connectivity index (χ4v) is 2.99. The van der Waals surface area contributed by atoms with Gasteiger partial charge in [-0.25, -0.2) is 4.79 Å². The van der Waals surface area contributed by atoms with Crippen molar-refractivity contribution in [3.05, 3.63) is 53.6 Å². The molecular weight excluding hydrogens is 346 g/mol. The number of para-hydroxylation sites is 1. The summed E-state index contributed by atoms with van der Waals surface area (Å²) in [5.41, 5.74) is 7.35. The molecule has 0 aromatic heterocycles. The first kappa shape index (κ1) is 18.7. The van der Waals surface area contributed by atoms with E-state index >= 15 is 0 Å². The summed E-state index contributed by atoms with van der Waals surface area (Å²) in [5, 5.41) is 5.86. The molecule has 1 amide bonds. The lowest BCUT2D eigenvalue weighted by atomic mass is 10.0. The van der Waals surface area contributed by atoms with E-state index in [9.17, 15) is 9.59 Å². The first-order valence-electron chi connectivity index (χ1n) is 8.84. The lowest BCUT2D eigenvalue weighted by Crippen LogP contribution is -2.35. The normalized spacial score (nSPS) is 14.4. The van der Waals surface area contributed by atoms with Gasteiger partial charge in [0.1, 0.15) is 11.9 Å². The summed E-state index contributed by atoms with van der Waals surface area (Å²) >= 11 is 0. The van der Waals surface area contributed by atoms with E-state index in [4.69, 9.17) is 15.2 Å². The Balaban J connectivity index is 1.78. The summed E-state index contributed by atoms with van der Waals surface area (Å²) in [6.45, 7) is 1.62. The molecule has 0 saturated carbocycles. The van der Waals surface area contributed by atoms with Crippen molar-refractivity contribution < 1.29 is 19.1 Å². The van der Waals surface area contributed by atoms with Crippen LogP contribution in [0.1, 0.15) is 28.8 Å². The topological polar surface area (TPSA) is 103 Å². The molecular formula is C20H23N3O4. The van der Waals surface area contributed by atoms with Gasteiger partial charge in [-0.15, -0.1) is 0 Å². The van der Waals surface area contributed by atoms with Crippen molar-refractivity contribution in [2.24, 2.45) is 0 Å². The van der Waals surface area contributed by atoms with Gasteiger partial charge >= 0.3 is 6.09 Å². The number of carbonyl (C=O) groups excluding carboxylic acids is 2. The third-order valence-electron chi connectivity index (χ3n) is 4.48. The van der Waals surface area contributed by atoms with E-state index < -0.39 is 6.09 Å². The number of methoxy groups -OCH3 is 1. The standard InChI is InChI=1S/C20H23N3O4/c1-26-14-7-5-13(6-8-14)19(24)16-3-2-4-17(21)18(16)23-20(25)27-15-9-11-22-12-10-15/h2-8,15,22H,9-12,21H2,1H3,(H,23,25). The van der Waals surface area contributed by atoms with Crippen LogP contribution in [0.3, 0.4) is 0 Å². The number of ether oxygens (including phenoxy) is 2. The average molecular weight is 369 g/mol. The Labute approximate surface area is 157 Å². The van der Waals surface area contributed by atoms with Crippen molar-refractivity contribution in [3.63, 3.8) is 0 Å². The molecule has 7 nitrogen and oxygen atoms in total. The first-order valence-corrected chi connectivity index (χ1v) is 8.84. The molecule has 0 unspecified atom stereocenters. The van der Waals surface area contributed by atoms with Gasteiger partial charge in [-0.1, -0.05) is 6.07 Å². The maximum atomic E-state index is 12.9. The Morgan fingerprint density at radius 3 is 2.48 bits per heavy atom. The fraction of sp³-hybridized carbons (Fsp3) is 0.300. The molecule has 1 fully saturated rings. The largest absolute Gasteiger partial charge is 0.497 e. The minimum absolute atomic E-state index is 0.142. The highest BCUT2D eigenvalue weighted by Crippen LogP contribution is 2.27. The molecule has 27 heavy (non-hydrogen) atoms. The Morgan fingerprint density at radius 2 is 1.81 bits per heavy atom. The minimum atomic E-state index is -0.608. The predicted molar refractivity (Wildman–Crippen MR) is 103 cm³/mol. The summed E-state index contributed by atoms with van der Waals surface area (Å²) < 4.78 is 10.6. The summed E-state index contributed by atoms with van der Waals surface area (Å²) in [6, 6.07) is 11.7. The monoisotopic (exact) mass is 369 g/mol. The lowest BCUT2D eigenvalue weighted by molar-refractivity contribution is 0.0909. The van der Waals surface area contributed by atoms with Crippen LogP contribution in [0.2, 0.25) is 0 Å². The van der Waals surface area contributed by atoms with E-state index in [2.05, 4.69) is 10.6 Å². The fourth-order valence-electron chi connectivity index (χ4n) is 2.99. The molecule has 142 valence electrons. The second kappa shape index (κ2) is 8.55. The highest BCUT2D eigenvalue weighted by atomic mass is 16.6. The van der Waals surface area contributed by atoms with Crippen LogP contribution in [0.25, 0.3) is 0 Å². The molecule has 0 spiro atoms. The van der Waals surface area contributed by atoms with Crippen molar-refractivity contribution >= 4 is 23.3 Å². The van der Waals surface area contributed by atoms with Gasteiger partial charge in [0, 0.05) is 11.1 Å². The number of nitrogen functional groups attached to an aromatic ring is 1. The van der Waals surface area contributed by atoms with Crippen LogP contribution < -0.4 is 21.1 Å². The van der Waals surface area contributed by atoms with E-state index in [0.29, 0.717) is 22.6 Å². The lowest BCUT2D eigenvalue weighted by Gasteiger charge is -2.23. The number of piperidine rings is 1. The molecule has 2 aromatic carbocycles. The minimum Gasteiger partial charge on any atom is -0.497 e. The Morgan fingerprint density at radius 1 is 1.11 bits per heavy atom. The molecule has 0 atom stereocenters. The van der Waals surface area contributed by atoms with Gasteiger partial charge in [-0.2, -0.15) is 0 Å². The summed E-state index contributed by atoms with van der Waals surface area (Å²) in [6.07, 6.45) is 0.769. The Bertz CT molecular complexity index is 814. The van der Waals surface area contributed by atoms with Crippen molar-refractivity contribution in [2.75, 3.05) is 31.2 Å². The molecule has 1 saturated heterocycles. The van der Waals surface area contributed by atoms with Gasteiger partial charge < -0.3 is 20.5 Å². The van der Waals surface area contributed by atoms with Gasteiger partial charge in [0.2, 0.25) is 0 Å². The highest BCUT2D eigenvalue weighted by Gasteiger charge is 2.21. The maximum Gasteiger partial charge on any atom is 0.411 e. The summed E-state index contributed by atoms with van der Waals surface area (Å²) in [5.74, 6) is 0.408. The number of nitrogens with one attached hydrogen (secondary N) is 2. The number of nitrogens with two attached hydrogens (primary N) is 1. The molecule has 0 radical (unpaired) electrons. The number of benzene rings is 2. The van der Waals surface area contributed by atoms with Crippen molar-refractivity contribution in [3.8, 4) is 5.75 Å². The zero-order chi connectivity index (χ0) is 19.2. The number of ketones is 1. The zero-order valence-electron chi connectivity index (χ0n) is 15.2. The second-order valence-corrected chi connectivity index (χ2v) is 6.31. The van der Waals surface area contributed by atoms with Gasteiger partial charge in [0.05, 0.1) is 18.5 Å². The molecule has 1 aliphatic rings. The number of amides is 1. The van der Waals surface area contributed by atoms with Crippen molar-refractivity contribution in [1.29, 1.82) is 0 Å². The summed E-state index contributed by atoms with van der Waals surface area (Å²) in [7, 11) is 1.56. The molecule has 0 bridgehead atoms. The zero-order valence-corrected chi connectivity index (χ0v) is 15.2. The third-order valence-corrected chi connectivity index (χ3v) is 4.48. The number of hydrogen-bond acceptors (Lipinski definition) is 6. The van der Waals surface area contributed by atoms with Crippen LogP contribution in [0, 0.1) is 0 Å². The number of anilines is 2. The first-order chi connectivity index (χ1) is 13.1. The van der Waals surface area contributed by atoms with E-state index in [1.54, 1.807) is 49.6 Å². The van der Waals surface area contributed by atoms with Crippen LogP contribution in [0.15, 0.2) is 42.5 Å². The van der Waals surface area contributed by atoms with E-state index in [1.165, 1.54) is 0 Å². The molecule has 1 heterocycles. The molecule has 1 aliphatic heterocycles. The highest BCUT2D eigenvalue weighted by molar-refractivity contribution is 6.15. The molecule has 7 heteroatoms. The van der Waals surface area contributed by atoms with Gasteiger partial charge in [0.15, 0.2) is 5.78 Å². The van der Waals surface area contributed by atoms with Gasteiger partial charge in [-0.05, 0) is 62.3 Å². The number of hydrogen-bond donors (Lipinski definition) is 3. The molecule has 0 aliphatic carbocycles. The van der Waals surface area contributed by atoms with Crippen molar-refractivity contribution in [1.82, 2.24) is 5.32 Å². The van der Waals surface area contributed by atoms with Crippen LogP contribution in [-0.4, -0.2) is 38.2 Å². The maximum absolute atomic E-state index is 12.9. The molecule has 2 aromatic rings. The molecule has 3 rings (SSSR count). The third kappa shape index (κ3) is 4.57. The Kier molecular flexibility index (Phi) is 5.93. The van der Waals surface area contributed by atoms with Crippen molar-refractivity contribution in [2.45, 2.75) is 18.9 Å². The SMILES string of the molecule is COc1ccc(C(=O)c2cccc(N)c2NC(=O)OC2CCNCC2)cc1. The average Bonchev–Trinajstić information content (AvgIpc) is 2.70. The van der Waals surface area contributed by atoms with Crippen LogP contribution in [0.4, 0.5) is 16.2 Å². The molecule has 4 N–H and O–H groups in total. The summed E-state index contributed by atoms with van der Waals surface area (Å²) in [4.78, 5) is 25.2. The van der Waals surface area contributed by atoms with Crippen LogP contribution in [0.5, 0.6) is 5.75 Å².